The van der Waals surface area contributed by atoms with Crippen LogP contribution < -0.4 is 5.32 Å². The SMILES string of the molecule is CCCCOCCNCCSc1nc(C)cc(C)n1. The van der Waals surface area contributed by atoms with Gasteiger partial charge in [0.15, 0.2) is 5.16 Å². The summed E-state index contributed by atoms with van der Waals surface area (Å²) in [5, 5.41) is 4.23. The van der Waals surface area contributed by atoms with E-state index in [1.807, 2.05) is 19.9 Å². The molecule has 0 bridgehead atoms. The molecule has 0 unspecified atom stereocenters. The summed E-state index contributed by atoms with van der Waals surface area (Å²) in [6.07, 6.45) is 2.35. The van der Waals surface area contributed by atoms with Crippen molar-refractivity contribution in [3.63, 3.8) is 0 Å². The van der Waals surface area contributed by atoms with E-state index >= 15 is 0 Å². The number of hydrogen-bond donors (Lipinski definition) is 1. The molecule has 108 valence electrons. The second-order valence-corrected chi connectivity index (χ2v) is 5.56. The number of ether oxygens (including phenoxy) is 1. The highest BCUT2D eigenvalue weighted by atomic mass is 32.2. The fourth-order valence-corrected chi connectivity index (χ4v) is 2.44. The zero-order valence-electron chi connectivity index (χ0n) is 12.2. The van der Waals surface area contributed by atoms with Gasteiger partial charge < -0.3 is 10.1 Å². The quantitative estimate of drug-likeness (QED) is 0.406. The van der Waals surface area contributed by atoms with Crippen molar-refractivity contribution in [2.24, 2.45) is 0 Å². The molecule has 0 fully saturated rings. The van der Waals surface area contributed by atoms with Gasteiger partial charge in [0.1, 0.15) is 0 Å². The summed E-state index contributed by atoms with van der Waals surface area (Å²) >= 11 is 1.70. The first kappa shape index (κ1) is 16.4. The molecule has 1 aromatic rings. The number of aryl methyl sites for hydroxylation is 2. The van der Waals surface area contributed by atoms with Crippen molar-refractivity contribution in [2.45, 2.75) is 38.8 Å². The van der Waals surface area contributed by atoms with Gasteiger partial charge in [0.05, 0.1) is 6.61 Å². The molecule has 1 N–H and O–H groups in total. The van der Waals surface area contributed by atoms with Crippen molar-refractivity contribution >= 4 is 11.8 Å². The Labute approximate surface area is 120 Å². The van der Waals surface area contributed by atoms with E-state index in [1.165, 1.54) is 6.42 Å². The zero-order valence-corrected chi connectivity index (χ0v) is 13.1. The van der Waals surface area contributed by atoms with Gasteiger partial charge in [0.25, 0.3) is 0 Å². The first-order chi connectivity index (χ1) is 9.22. The lowest BCUT2D eigenvalue weighted by atomic mass is 10.4. The molecule has 0 aliphatic heterocycles. The molecular weight excluding hydrogens is 258 g/mol. The van der Waals surface area contributed by atoms with Gasteiger partial charge in [-0.05, 0) is 26.3 Å². The van der Waals surface area contributed by atoms with Gasteiger partial charge in [-0.1, -0.05) is 25.1 Å². The number of hydrogen-bond acceptors (Lipinski definition) is 5. The predicted octanol–water partition coefficient (Wildman–Crippen LogP) is 2.59. The molecule has 0 saturated carbocycles. The van der Waals surface area contributed by atoms with Crippen molar-refractivity contribution < 1.29 is 4.74 Å². The highest BCUT2D eigenvalue weighted by Crippen LogP contribution is 2.12. The van der Waals surface area contributed by atoms with E-state index in [2.05, 4.69) is 22.2 Å². The largest absolute Gasteiger partial charge is 0.380 e. The molecule has 0 aliphatic rings. The molecule has 5 heteroatoms. The Morgan fingerprint density at radius 3 is 2.58 bits per heavy atom. The number of nitrogens with zero attached hydrogens (tertiary/aromatic N) is 2. The van der Waals surface area contributed by atoms with Crippen molar-refractivity contribution in [1.29, 1.82) is 0 Å². The second-order valence-electron chi connectivity index (χ2n) is 4.50. The fourth-order valence-electron chi connectivity index (χ4n) is 1.59. The third kappa shape index (κ3) is 8.18. The van der Waals surface area contributed by atoms with Crippen LogP contribution in [0.5, 0.6) is 0 Å². The van der Waals surface area contributed by atoms with E-state index in [9.17, 15) is 0 Å². The predicted molar refractivity (Wildman–Crippen MR) is 80.8 cm³/mol. The Balaban J connectivity index is 2.01. The molecule has 0 radical (unpaired) electrons. The monoisotopic (exact) mass is 283 g/mol. The maximum Gasteiger partial charge on any atom is 0.188 e. The van der Waals surface area contributed by atoms with E-state index in [0.717, 1.165) is 55.0 Å². The van der Waals surface area contributed by atoms with Crippen LogP contribution in [0.4, 0.5) is 0 Å². The average Bonchev–Trinajstić information content (AvgIpc) is 2.36. The van der Waals surface area contributed by atoms with E-state index in [0.29, 0.717) is 0 Å². The minimum atomic E-state index is 0.796. The van der Waals surface area contributed by atoms with Gasteiger partial charge >= 0.3 is 0 Å². The second kappa shape index (κ2) is 10.2. The summed E-state index contributed by atoms with van der Waals surface area (Å²) in [5.41, 5.74) is 2.07. The van der Waals surface area contributed by atoms with E-state index < -0.39 is 0 Å². The Morgan fingerprint density at radius 1 is 1.16 bits per heavy atom. The van der Waals surface area contributed by atoms with Gasteiger partial charge in [-0.25, -0.2) is 9.97 Å². The lowest BCUT2D eigenvalue weighted by Crippen LogP contribution is -2.22. The lowest BCUT2D eigenvalue weighted by molar-refractivity contribution is 0.133. The molecule has 1 aromatic heterocycles. The van der Waals surface area contributed by atoms with Crippen LogP contribution in [-0.2, 0) is 4.74 Å². The van der Waals surface area contributed by atoms with Crippen molar-refractivity contribution in [3.05, 3.63) is 17.5 Å². The lowest BCUT2D eigenvalue weighted by Gasteiger charge is -2.06. The Bertz CT molecular complexity index is 340. The number of unbranched alkanes of at least 4 members (excludes halogenated alkanes) is 1. The molecule has 0 atom stereocenters. The standard InChI is InChI=1S/C14H25N3OS/c1-4-5-8-18-9-6-15-7-10-19-14-16-12(2)11-13(3)17-14/h11,15H,4-10H2,1-3H3. The summed E-state index contributed by atoms with van der Waals surface area (Å²) < 4.78 is 5.48. The highest BCUT2D eigenvalue weighted by Gasteiger charge is 1.99. The average molecular weight is 283 g/mol. The molecule has 1 rings (SSSR count). The van der Waals surface area contributed by atoms with E-state index in [1.54, 1.807) is 11.8 Å². The summed E-state index contributed by atoms with van der Waals surface area (Å²) in [4.78, 5) is 8.80. The van der Waals surface area contributed by atoms with Crippen molar-refractivity contribution in [2.75, 3.05) is 32.1 Å². The Hall–Kier alpha value is -0.650. The van der Waals surface area contributed by atoms with Gasteiger partial charge in [-0.3, -0.25) is 0 Å². The maximum atomic E-state index is 5.48. The van der Waals surface area contributed by atoms with Gasteiger partial charge in [-0.15, -0.1) is 0 Å². The van der Waals surface area contributed by atoms with Crippen LogP contribution in [0.1, 0.15) is 31.2 Å². The van der Waals surface area contributed by atoms with Crippen LogP contribution >= 0.6 is 11.8 Å². The summed E-state index contributed by atoms with van der Waals surface area (Å²) in [6.45, 7) is 9.73. The van der Waals surface area contributed by atoms with Gasteiger partial charge in [-0.2, -0.15) is 0 Å². The number of rotatable bonds is 10. The van der Waals surface area contributed by atoms with Crippen LogP contribution in [0.15, 0.2) is 11.2 Å². The minimum absolute atomic E-state index is 0.796. The minimum Gasteiger partial charge on any atom is -0.380 e. The summed E-state index contributed by atoms with van der Waals surface area (Å²) in [5.74, 6) is 0.984. The molecular formula is C14H25N3OS. The van der Waals surface area contributed by atoms with E-state index in [-0.39, 0.29) is 0 Å². The van der Waals surface area contributed by atoms with Crippen LogP contribution in [0.3, 0.4) is 0 Å². The van der Waals surface area contributed by atoms with Crippen LogP contribution in [0.25, 0.3) is 0 Å². The molecule has 0 saturated heterocycles. The molecule has 0 aromatic carbocycles. The normalized spacial score (nSPS) is 10.9. The molecule has 4 nitrogen and oxygen atoms in total. The smallest absolute Gasteiger partial charge is 0.188 e. The van der Waals surface area contributed by atoms with Crippen molar-refractivity contribution in [1.82, 2.24) is 15.3 Å². The number of nitrogens with one attached hydrogen (secondary N) is 1. The first-order valence-corrected chi connectivity index (χ1v) is 7.94. The summed E-state index contributed by atoms with van der Waals surface area (Å²) in [7, 11) is 0. The fraction of sp³-hybridized carbons (Fsp3) is 0.714. The first-order valence-electron chi connectivity index (χ1n) is 6.96. The topological polar surface area (TPSA) is 47.0 Å². The number of aromatic nitrogens is 2. The maximum absolute atomic E-state index is 5.48. The molecule has 0 aliphatic carbocycles. The van der Waals surface area contributed by atoms with Crippen molar-refractivity contribution in [3.8, 4) is 0 Å². The molecule has 1 heterocycles. The van der Waals surface area contributed by atoms with Gasteiger partial charge in [0.2, 0.25) is 0 Å². The molecule has 0 spiro atoms. The highest BCUT2D eigenvalue weighted by molar-refractivity contribution is 7.99. The number of thioether (sulfide) groups is 1. The zero-order chi connectivity index (χ0) is 13.9. The van der Waals surface area contributed by atoms with E-state index in [4.69, 9.17) is 4.74 Å². The molecule has 0 amide bonds. The summed E-state index contributed by atoms with van der Waals surface area (Å²) in [6, 6.07) is 2.00. The van der Waals surface area contributed by atoms with Crippen LogP contribution in [0.2, 0.25) is 0 Å². The Morgan fingerprint density at radius 2 is 1.89 bits per heavy atom. The van der Waals surface area contributed by atoms with Crippen LogP contribution in [0, 0.1) is 13.8 Å². The van der Waals surface area contributed by atoms with Crippen LogP contribution in [-0.4, -0.2) is 42.0 Å². The third-order valence-electron chi connectivity index (χ3n) is 2.54. The van der Waals surface area contributed by atoms with Gasteiger partial charge in [0, 0.05) is 36.8 Å². The Kier molecular flexibility index (Phi) is 8.79. The third-order valence-corrected chi connectivity index (χ3v) is 3.39. The molecule has 19 heavy (non-hydrogen) atoms.